The van der Waals surface area contributed by atoms with Gasteiger partial charge in [-0.15, -0.1) is 0 Å². The fourth-order valence-electron chi connectivity index (χ4n) is 3.05. The zero-order valence-electron chi connectivity index (χ0n) is 15.4. The zero-order chi connectivity index (χ0) is 21.0. The van der Waals surface area contributed by atoms with Gasteiger partial charge in [0.1, 0.15) is 5.75 Å². The number of carboxylic acid groups (broad SMARTS) is 1. The summed E-state index contributed by atoms with van der Waals surface area (Å²) >= 11 is 9.98. The lowest BCUT2D eigenvalue weighted by Gasteiger charge is -2.34. The number of hydrogen-bond acceptors (Lipinski definition) is 4. The van der Waals surface area contributed by atoms with E-state index in [4.69, 9.17) is 21.4 Å². The molecule has 0 saturated carbocycles. The highest BCUT2D eigenvalue weighted by atomic mass is 127. The van der Waals surface area contributed by atoms with E-state index in [1.165, 1.54) is 5.56 Å². The van der Waals surface area contributed by atoms with Crippen LogP contribution >= 0.6 is 56.8 Å². The Bertz CT molecular complexity index is 877. The zero-order valence-corrected chi connectivity index (χ0v) is 20.5. The van der Waals surface area contributed by atoms with Crippen molar-refractivity contribution in [3.05, 3.63) is 59.7 Å². The predicted molar refractivity (Wildman–Crippen MR) is 128 cm³/mol. The van der Waals surface area contributed by atoms with E-state index in [0.29, 0.717) is 26.0 Å². The third-order valence-corrected chi connectivity index (χ3v) is 6.48. The Kier molecular flexibility index (Phi) is 7.99. The molecule has 0 bridgehead atoms. The van der Waals surface area contributed by atoms with E-state index in [9.17, 15) is 9.59 Å². The SMILES string of the molecule is O=C(O)c1cc(I)c(OCC(=O)N2CCN(Cc3ccc(Cl)cc3)CC2)c(I)c1. The maximum Gasteiger partial charge on any atom is 0.335 e. The van der Waals surface area contributed by atoms with Gasteiger partial charge in [0.05, 0.1) is 12.7 Å². The van der Waals surface area contributed by atoms with Crippen LogP contribution in [0.2, 0.25) is 5.02 Å². The van der Waals surface area contributed by atoms with Gasteiger partial charge in [0.15, 0.2) is 6.61 Å². The average Bonchev–Trinajstić information content (AvgIpc) is 2.69. The van der Waals surface area contributed by atoms with Crippen molar-refractivity contribution >= 4 is 68.7 Å². The van der Waals surface area contributed by atoms with Gasteiger partial charge in [0, 0.05) is 37.7 Å². The molecule has 0 radical (unpaired) electrons. The number of halogens is 3. The lowest BCUT2D eigenvalue weighted by atomic mass is 10.2. The lowest BCUT2D eigenvalue weighted by Crippen LogP contribution is -2.49. The van der Waals surface area contributed by atoms with Crippen molar-refractivity contribution in [3.63, 3.8) is 0 Å². The molecule has 1 saturated heterocycles. The van der Waals surface area contributed by atoms with E-state index >= 15 is 0 Å². The highest BCUT2D eigenvalue weighted by Gasteiger charge is 2.22. The quantitative estimate of drug-likeness (QED) is 0.485. The Morgan fingerprint density at radius 3 is 2.17 bits per heavy atom. The minimum absolute atomic E-state index is 0.0599. The summed E-state index contributed by atoms with van der Waals surface area (Å²) in [5, 5.41) is 9.85. The van der Waals surface area contributed by atoms with Gasteiger partial charge in [-0.2, -0.15) is 0 Å². The molecule has 1 aliphatic heterocycles. The number of carbonyl (C=O) groups excluding carboxylic acids is 1. The molecule has 1 N–H and O–H groups in total. The molecule has 3 rings (SSSR count). The first-order chi connectivity index (χ1) is 13.8. The largest absolute Gasteiger partial charge is 0.482 e. The molecule has 1 aliphatic rings. The number of hydrogen-bond donors (Lipinski definition) is 1. The topological polar surface area (TPSA) is 70.1 Å². The Balaban J connectivity index is 1.50. The van der Waals surface area contributed by atoms with Crippen LogP contribution in [0.3, 0.4) is 0 Å². The molecule has 6 nitrogen and oxygen atoms in total. The minimum atomic E-state index is -0.986. The third kappa shape index (κ3) is 6.19. The summed E-state index contributed by atoms with van der Waals surface area (Å²) < 4.78 is 7.07. The van der Waals surface area contributed by atoms with Crippen LogP contribution in [0.1, 0.15) is 15.9 Å². The third-order valence-electron chi connectivity index (χ3n) is 4.63. The van der Waals surface area contributed by atoms with Crippen molar-refractivity contribution in [3.8, 4) is 5.75 Å². The summed E-state index contributed by atoms with van der Waals surface area (Å²) in [6.07, 6.45) is 0. The van der Waals surface area contributed by atoms with E-state index in [0.717, 1.165) is 24.7 Å². The molecule has 2 aromatic rings. The fraction of sp³-hybridized carbons (Fsp3) is 0.300. The van der Waals surface area contributed by atoms with Crippen molar-refractivity contribution in [2.75, 3.05) is 32.8 Å². The lowest BCUT2D eigenvalue weighted by molar-refractivity contribution is -0.135. The Hall–Kier alpha value is -1.11. The number of carbonyl (C=O) groups is 2. The van der Waals surface area contributed by atoms with Gasteiger partial charge in [-0.3, -0.25) is 9.69 Å². The monoisotopic (exact) mass is 640 g/mol. The number of benzene rings is 2. The standard InChI is InChI=1S/C20H19ClI2N2O4/c21-15-3-1-13(2-4-15)11-24-5-7-25(8-6-24)18(26)12-29-19-16(22)9-14(20(27)28)10-17(19)23/h1-4,9-10H,5-8,11-12H2,(H,27,28). The molecule has 1 fully saturated rings. The summed E-state index contributed by atoms with van der Waals surface area (Å²) in [7, 11) is 0. The van der Waals surface area contributed by atoms with Crippen molar-refractivity contribution in [1.29, 1.82) is 0 Å². The summed E-state index contributed by atoms with van der Waals surface area (Å²) in [5.41, 5.74) is 1.40. The van der Waals surface area contributed by atoms with Crippen LogP contribution in [0.5, 0.6) is 5.75 Å². The highest BCUT2D eigenvalue weighted by Crippen LogP contribution is 2.29. The van der Waals surface area contributed by atoms with Crippen molar-refractivity contribution in [2.45, 2.75) is 6.54 Å². The molecule has 0 atom stereocenters. The molecule has 154 valence electrons. The molecule has 0 aliphatic carbocycles. The van der Waals surface area contributed by atoms with Crippen LogP contribution < -0.4 is 4.74 Å². The first-order valence-corrected chi connectivity index (χ1v) is 11.5. The second kappa shape index (κ2) is 10.3. The van der Waals surface area contributed by atoms with Gasteiger partial charge < -0.3 is 14.7 Å². The van der Waals surface area contributed by atoms with Crippen LogP contribution in [0, 0.1) is 7.14 Å². The second-order valence-electron chi connectivity index (χ2n) is 6.65. The first kappa shape index (κ1) is 22.6. The van der Waals surface area contributed by atoms with E-state index in [1.54, 1.807) is 12.1 Å². The molecule has 29 heavy (non-hydrogen) atoms. The second-order valence-corrected chi connectivity index (χ2v) is 9.41. The molecule has 2 aromatic carbocycles. The number of ether oxygens (including phenoxy) is 1. The van der Waals surface area contributed by atoms with E-state index in [1.807, 2.05) is 74.3 Å². The number of amides is 1. The van der Waals surface area contributed by atoms with Crippen molar-refractivity contribution in [1.82, 2.24) is 9.80 Å². The predicted octanol–water partition coefficient (Wildman–Crippen LogP) is 3.97. The Morgan fingerprint density at radius 1 is 1.03 bits per heavy atom. The number of carboxylic acids is 1. The normalized spacial score (nSPS) is 14.7. The highest BCUT2D eigenvalue weighted by molar-refractivity contribution is 14.1. The summed E-state index contributed by atoms with van der Waals surface area (Å²) in [4.78, 5) is 27.8. The van der Waals surface area contributed by atoms with Crippen LogP contribution in [0.25, 0.3) is 0 Å². The molecule has 0 unspecified atom stereocenters. The molecule has 0 spiro atoms. The molecular formula is C20H19ClI2N2O4. The summed E-state index contributed by atoms with van der Waals surface area (Å²) in [6, 6.07) is 10.9. The smallest absolute Gasteiger partial charge is 0.335 e. The number of nitrogens with zero attached hydrogens (tertiary/aromatic N) is 2. The summed E-state index contributed by atoms with van der Waals surface area (Å²) in [6.45, 7) is 3.69. The molecular weight excluding hydrogens is 621 g/mol. The van der Waals surface area contributed by atoms with Crippen molar-refractivity contribution in [2.24, 2.45) is 0 Å². The van der Waals surface area contributed by atoms with Gasteiger partial charge in [0.2, 0.25) is 0 Å². The Labute approximate surface area is 201 Å². The molecule has 1 amide bonds. The van der Waals surface area contributed by atoms with E-state index in [-0.39, 0.29) is 18.1 Å². The maximum absolute atomic E-state index is 12.5. The molecule has 0 aromatic heterocycles. The van der Waals surface area contributed by atoms with E-state index in [2.05, 4.69) is 4.90 Å². The minimum Gasteiger partial charge on any atom is -0.482 e. The number of piperazine rings is 1. The van der Waals surface area contributed by atoms with Gasteiger partial charge in [-0.1, -0.05) is 23.7 Å². The van der Waals surface area contributed by atoms with Gasteiger partial charge in [-0.05, 0) is 75.0 Å². The van der Waals surface area contributed by atoms with Gasteiger partial charge >= 0.3 is 5.97 Å². The van der Waals surface area contributed by atoms with Crippen molar-refractivity contribution < 1.29 is 19.4 Å². The first-order valence-electron chi connectivity index (χ1n) is 8.93. The Morgan fingerprint density at radius 2 is 1.62 bits per heavy atom. The molecule has 9 heteroatoms. The van der Waals surface area contributed by atoms with Gasteiger partial charge in [0.25, 0.3) is 5.91 Å². The van der Waals surface area contributed by atoms with Crippen LogP contribution in [0.15, 0.2) is 36.4 Å². The number of aromatic carboxylic acids is 1. The van der Waals surface area contributed by atoms with Crippen LogP contribution in [-0.2, 0) is 11.3 Å². The summed E-state index contributed by atoms with van der Waals surface area (Å²) in [5.74, 6) is -0.504. The van der Waals surface area contributed by atoms with Crippen LogP contribution in [-0.4, -0.2) is 59.6 Å². The van der Waals surface area contributed by atoms with E-state index < -0.39 is 5.97 Å². The average molecular weight is 641 g/mol. The maximum atomic E-state index is 12.5. The number of rotatable bonds is 6. The van der Waals surface area contributed by atoms with Crippen LogP contribution in [0.4, 0.5) is 0 Å². The fourth-order valence-corrected chi connectivity index (χ4v) is 5.26. The molecule has 1 heterocycles. The van der Waals surface area contributed by atoms with Gasteiger partial charge in [-0.25, -0.2) is 4.79 Å².